The molecular formula is C10H9BrF4O. The predicted molar refractivity (Wildman–Crippen MR) is 54.5 cm³/mol. The molecule has 0 spiro atoms. The number of alkyl halides is 3. The van der Waals surface area contributed by atoms with E-state index in [0.717, 1.165) is 6.07 Å². The Kier molecular flexibility index (Phi) is 3.36. The zero-order valence-corrected chi connectivity index (χ0v) is 10.1. The monoisotopic (exact) mass is 300 g/mol. The van der Waals surface area contributed by atoms with Gasteiger partial charge in [-0.1, -0.05) is 0 Å². The summed E-state index contributed by atoms with van der Waals surface area (Å²) >= 11 is 1.94. The zero-order valence-electron chi connectivity index (χ0n) is 8.49. The Labute approximate surface area is 98.2 Å². The summed E-state index contributed by atoms with van der Waals surface area (Å²) in [5.41, 5.74) is -3.64. The largest absolute Gasteiger partial charge is 0.378 e. The van der Waals surface area contributed by atoms with Crippen LogP contribution in [0.3, 0.4) is 0 Å². The Morgan fingerprint density at radius 3 is 2.12 bits per heavy atom. The SMILES string of the molecule is Cc1cc(F)c(C(C)(O)C(F)(F)Br)cc1F. The van der Waals surface area contributed by atoms with Crippen molar-refractivity contribution in [3.8, 4) is 0 Å². The summed E-state index contributed by atoms with van der Waals surface area (Å²) in [6, 6.07) is 1.33. The minimum atomic E-state index is -3.76. The molecule has 1 unspecified atom stereocenters. The average Bonchev–Trinajstić information content (AvgIpc) is 2.09. The van der Waals surface area contributed by atoms with Crippen LogP contribution >= 0.6 is 15.9 Å². The summed E-state index contributed by atoms with van der Waals surface area (Å²) < 4.78 is 52.5. The molecule has 1 N–H and O–H groups in total. The normalized spacial score (nSPS) is 16.0. The van der Waals surface area contributed by atoms with E-state index in [0.29, 0.717) is 13.0 Å². The smallest absolute Gasteiger partial charge is 0.333 e. The van der Waals surface area contributed by atoms with Crippen molar-refractivity contribution in [3.63, 3.8) is 0 Å². The molecule has 1 rings (SSSR count). The number of hydrogen-bond acceptors (Lipinski definition) is 1. The third-order valence-corrected chi connectivity index (χ3v) is 3.10. The topological polar surface area (TPSA) is 20.2 Å². The Hall–Kier alpha value is -0.620. The fourth-order valence-electron chi connectivity index (χ4n) is 1.17. The van der Waals surface area contributed by atoms with Crippen LogP contribution in [0.15, 0.2) is 12.1 Å². The summed E-state index contributed by atoms with van der Waals surface area (Å²) in [7, 11) is 0. The van der Waals surface area contributed by atoms with Crippen molar-refractivity contribution in [3.05, 3.63) is 34.9 Å². The summed E-state index contributed by atoms with van der Waals surface area (Å²) in [6.07, 6.45) is 0. The first-order chi connectivity index (χ1) is 7.07. The van der Waals surface area contributed by atoms with E-state index in [-0.39, 0.29) is 5.56 Å². The van der Waals surface area contributed by atoms with Crippen LogP contribution < -0.4 is 0 Å². The Morgan fingerprint density at radius 2 is 1.69 bits per heavy atom. The van der Waals surface area contributed by atoms with E-state index in [1.165, 1.54) is 6.92 Å². The fourth-order valence-corrected chi connectivity index (χ4v) is 1.39. The van der Waals surface area contributed by atoms with E-state index in [1.54, 1.807) is 0 Å². The standard InChI is InChI=1S/C10H9BrF4O/c1-5-3-8(13)6(4-7(5)12)9(2,16)10(11,14)15/h3-4,16H,1-2H3. The molecule has 1 atom stereocenters. The second-order valence-corrected chi connectivity index (χ2v) is 4.65. The lowest BCUT2D eigenvalue weighted by Crippen LogP contribution is -2.38. The predicted octanol–water partition coefficient (Wildman–Crippen LogP) is 3.47. The molecule has 0 aliphatic carbocycles. The van der Waals surface area contributed by atoms with Crippen LogP contribution in [0.4, 0.5) is 17.6 Å². The van der Waals surface area contributed by atoms with Gasteiger partial charge in [-0.15, -0.1) is 0 Å². The van der Waals surface area contributed by atoms with Gasteiger partial charge in [-0.3, -0.25) is 0 Å². The summed E-state index contributed by atoms with van der Waals surface area (Å²) in [5.74, 6) is -1.93. The number of aliphatic hydroxyl groups is 1. The maximum Gasteiger partial charge on any atom is 0.333 e. The molecule has 1 aromatic rings. The molecule has 1 aromatic carbocycles. The van der Waals surface area contributed by atoms with E-state index in [2.05, 4.69) is 0 Å². The molecule has 0 radical (unpaired) electrons. The van der Waals surface area contributed by atoms with Gasteiger partial charge in [-0.2, -0.15) is 8.78 Å². The van der Waals surface area contributed by atoms with Crippen LogP contribution in [0.2, 0.25) is 0 Å². The molecule has 0 aliphatic heterocycles. The Balaban J connectivity index is 3.39. The Morgan fingerprint density at radius 1 is 1.19 bits per heavy atom. The molecule has 16 heavy (non-hydrogen) atoms. The van der Waals surface area contributed by atoms with E-state index in [1.807, 2.05) is 15.9 Å². The van der Waals surface area contributed by atoms with Crippen molar-refractivity contribution >= 4 is 15.9 Å². The lowest BCUT2D eigenvalue weighted by atomic mass is 9.94. The first kappa shape index (κ1) is 13.4. The van der Waals surface area contributed by atoms with Crippen LogP contribution in [0.5, 0.6) is 0 Å². The summed E-state index contributed by atoms with van der Waals surface area (Å²) in [6.45, 7) is 2.00. The molecule has 0 aliphatic rings. The molecule has 90 valence electrons. The lowest BCUT2D eigenvalue weighted by Gasteiger charge is -2.29. The van der Waals surface area contributed by atoms with Crippen molar-refractivity contribution in [2.45, 2.75) is 24.3 Å². The molecule has 0 aromatic heterocycles. The average molecular weight is 301 g/mol. The highest BCUT2D eigenvalue weighted by Crippen LogP contribution is 2.43. The van der Waals surface area contributed by atoms with Gasteiger partial charge in [0.2, 0.25) is 0 Å². The number of aryl methyl sites for hydroxylation is 1. The molecular weight excluding hydrogens is 292 g/mol. The summed E-state index contributed by atoms with van der Waals surface area (Å²) in [5, 5.41) is 9.51. The molecule has 0 heterocycles. The van der Waals surface area contributed by atoms with Gasteiger partial charge in [0.15, 0.2) is 5.60 Å². The van der Waals surface area contributed by atoms with Gasteiger partial charge in [0, 0.05) is 5.56 Å². The first-order valence-electron chi connectivity index (χ1n) is 4.32. The first-order valence-corrected chi connectivity index (χ1v) is 5.12. The molecule has 0 amide bonds. The zero-order chi connectivity index (χ0) is 12.7. The van der Waals surface area contributed by atoms with Crippen LogP contribution in [-0.2, 0) is 5.60 Å². The van der Waals surface area contributed by atoms with E-state index < -0.39 is 27.6 Å². The maximum atomic E-state index is 13.4. The van der Waals surface area contributed by atoms with Crippen molar-refractivity contribution in [1.82, 2.24) is 0 Å². The minimum Gasteiger partial charge on any atom is -0.378 e. The van der Waals surface area contributed by atoms with E-state index in [9.17, 15) is 22.7 Å². The van der Waals surface area contributed by atoms with Crippen LogP contribution in [0.25, 0.3) is 0 Å². The van der Waals surface area contributed by atoms with E-state index in [4.69, 9.17) is 0 Å². The van der Waals surface area contributed by atoms with Crippen LogP contribution in [0.1, 0.15) is 18.1 Å². The van der Waals surface area contributed by atoms with Gasteiger partial charge in [-0.05, 0) is 47.5 Å². The molecule has 6 heteroatoms. The highest BCUT2D eigenvalue weighted by atomic mass is 79.9. The molecule has 0 saturated heterocycles. The second-order valence-electron chi connectivity index (χ2n) is 3.65. The second kappa shape index (κ2) is 4.00. The Bertz CT molecular complexity index is 412. The van der Waals surface area contributed by atoms with Gasteiger partial charge in [0.05, 0.1) is 0 Å². The van der Waals surface area contributed by atoms with Crippen LogP contribution in [0, 0.1) is 18.6 Å². The number of halogens is 5. The van der Waals surface area contributed by atoms with Crippen molar-refractivity contribution in [2.75, 3.05) is 0 Å². The van der Waals surface area contributed by atoms with Crippen molar-refractivity contribution in [2.24, 2.45) is 0 Å². The number of hydrogen-bond donors (Lipinski definition) is 1. The quantitative estimate of drug-likeness (QED) is 0.655. The fraction of sp³-hybridized carbons (Fsp3) is 0.400. The molecule has 0 fully saturated rings. The minimum absolute atomic E-state index is 0.0186. The summed E-state index contributed by atoms with van der Waals surface area (Å²) in [4.78, 5) is -3.76. The van der Waals surface area contributed by atoms with Crippen molar-refractivity contribution < 1.29 is 22.7 Å². The number of rotatable bonds is 2. The van der Waals surface area contributed by atoms with Gasteiger partial charge in [0.25, 0.3) is 0 Å². The molecule has 1 nitrogen and oxygen atoms in total. The van der Waals surface area contributed by atoms with E-state index >= 15 is 0 Å². The lowest BCUT2D eigenvalue weighted by molar-refractivity contribution is -0.111. The van der Waals surface area contributed by atoms with Gasteiger partial charge >= 0.3 is 4.83 Å². The van der Waals surface area contributed by atoms with Gasteiger partial charge in [-0.25, -0.2) is 8.78 Å². The highest BCUT2D eigenvalue weighted by molar-refractivity contribution is 9.10. The maximum absolute atomic E-state index is 13.4. The van der Waals surface area contributed by atoms with Crippen LogP contribution in [-0.4, -0.2) is 9.94 Å². The number of benzene rings is 1. The molecule has 0 bridgehead atoms. The molecule has 0 saturated carbocycles. The third kappa shape index (κ3) is 2.22. The van der Waals surface area contributed by atoms with Gasteiger partial charge in [0.1, 0.15) is 11.6 Å². The van der Waals surface area contributed by atoms with Crippen molar-refractivity contribution in [1.29, 1.82) is 0 Å². The third-order valence-electron chi connectivity index (χ3n) is 2.32. The highest BCUT2D eigenvalue weighted by Gasteiger charge is 2.49. The van der Waals surface area contributed by atoms with Gasteiger partial charge < -0.3 is 5.11 Å².